The lowest BCUT2D eigenvalue weighted by Crippen LogP contribution is -2.26. The Balaban J connectivity index is 1.07. The minimum absolute atomic E-state index is 0.0793. The Bertz CT molecular complexity index is 1810. The number of aliphatic hydroxyl groups excluding tert-OH is 1. The zero-order valence-electron chi connectivity index (χ0n) is 25.3. The molecule has 234 valence electrons. The largest absolute Gasteiger partial charge is 0.463 e. The Morgan fingerprint density at radius 1 is 0.867 bits per heavy atom. The van der Waals surface area contributed by atoms with Gasteiger partial charge in [-0.2, -0.15) is 0 Å². The normalized spacial score (nSPS) is 12.1. The topological polar surface area (TPSA) is 136 Å². The molecule has 0 radical (unpaired) electrons. The van der Waals surface area contributed by atoms with E-state index in [1.807, 2.05) is 11.8 Å². The fourth-order valence-electron chi connectivity index (χ4n) is 6.13. The summed E-state index contributed by atoms with van der Waals surface area (Å²) in [5, 5.41) is 40.4. The first-order valence-corrected chi connectivity index (χ1v) is 15.4. The number of carbonyl (C=O) groups is 1. The molecule has 10 nitrogen and oxygen atoms in total. The lowest BCUT2D eigenvalue weighted by Gasteiger charge is -2.24. The molecule has 0 bridgehead atoms. The summed E-state index contributed by atoms with van der Waals surface area (Å²) < 4.78 is 5.35. The monoisotopic (exact) mass is 611 g/mol. The van der Waals surface area contributed by atoms with Gasteiger partial charge in [-0.25, -0.2) is 0 Å². The van der Waals surface area contributed by atoms with E-state index in [1.54, 1.807) is 0 Å². The van der Waals surface area contributed by atoms with Gasteiger partial charge in [0.2, 0.25) is 0 Å². The quantitative estimate of drug-likeness (QED) is 0.0394. The standard InChI is InChI=1S/C35H37N3O7/c1-2-20-36(31-19-17-28(37(41)42)22-32(31)38(43)44)21-4-3-10-29(39)23-45-33(40)11-6-7-24-12-13-27-15-14-25-8-5-9-26-16-18-30(24)35(27)34(25)26/h5,8-9,12-19,22,29,39H,2-4,6-7,10-11,20-21,23H2,1H3. The maximum atomic E-state index is 12.4. The summed E-state index contributed by atoms with van der Waals surface area (Å²) in [4.78, 5) is 35.7. The zero-order valence-corrected chi connectivity index (χ0v) is 25.3. The van der Waals surface area contributed by atoms with E-state index in [1.165, 1.54) is 50.0 Å². The average Bonchev–Trinajstić information content (AvgIpc) is 3.04. The zero-order chi connectivity index (χ0) is 31.9. The second kappa shape index (κ2) is 14.3. The third kappa shape index (κ3) is 7.29. The molecule has 0 amide bonds. The van der Waals surface area contributed by atoms with Crippen molar-refractivity contribution < 1.29 is 24.5 Å². The van der Waals surface area contributed by atoms with E-state index in [4.69, 9.17) is 4.74 Å². The number of nitrogens with zero attached hydrogens (tertiary/aromatic N) is 3. The van der Waals surface area contributed by atoms with Crippen LogP contribution in [0.2, 0.25) is 0 Å². The van der Waals surface area contributed by atoms with E-state index < -0.39 is 16.0 Å². The van der Waals surface area contributed by atoms with Crippen LogP contribution in [-0.4, -0.2) is 46.7 Å². The summed E-state index contributed by atoms with van der Waals surface area (Å²) in [5.41, 5.74) is 0.907. The van der Waals surface area contributed by atoms with Gasteiger partial charge in [-0.1, -0.05) is 61.5 Å². The van der Waals surface area contributed by atoms with Crippen LogP contribution in [0.15, 0.2) is 72.8 Å². The number of carbonyl (C=O) groups excluding carboxylic acids is 1. The van der Waals surface area contributed by atoms with Gasteiger partial charge in [-0.05, 0) is 82.5 Å². The molecule has 45 heavy (non-hydrogen) atoms. The van der Waals surface area contributed by atoms with Gasteiger partial charge in [0.25, 0.3) is 11.4 Å². The van der Waals surface area contributed by atoms with Gasteiger partial charge in [-0.3, -0.25) is 25.0 Å². The third-order valence-corrected chi connectivity index (χ3v) is 8.30. The number of rotatable bonds is 16. The summed E-state index contributed by atoms with van der Waals surface area (Å²) in [6.45, 7) is 2.91. The number of aryl methyl sites for hydroxylation is 1. The van der Waals surface area contributed by atoms with Crippen molar-refractivity contribution in [2.75, 3.05) is 24.6 Å². The number of benzene rings is 5. The van der Waals surface area contributed by atoms with Crippen LogP contribution in [0.3, 0.4) is 0 Å². The number of esters is 1. The second-order valence-corrected chi connectivity index (χ2v) is 11.4. The number of anilines is 1. The van der Waals surface area contributed by atoms with Crippen LogP contribution < -0.4 is 4.90 Å². The van der Waals surface area contributed by atoms with Crippen molar-refractivity contribution in [3.8, 4) is 0 Å². The van der Waals surface area contributed by atoms with Crippen LogP contribution in [0.4, 0.5) is 17.1 Å². The van der Waals surface area contributed by atoms with Gasteiger partial charge in [0, 0.05) is 25.6 Å². The highest BCUT2D eigenvalue weighted by Crippen LogP contribution is 2.36. The number of aliphatic hydroxyl groups is 1. The molecule has 0 saturated heterocycles. The molecule has 0 heterocycles. The minimum Gasteiger partial charge on any atom is -0.463 e. The smallest absolute Gasteiger partial charge is 0.305 e. The molecule has 1 unspecified atom stereocenters. The van der Waals surface area contributed by atoms with Crippen molar-refractivity contribution in [3.05, 3.63) is 98.6 Å². The molecule has 0 aliphatic heterocycles. The first-order chi connectivity index (χ1) is 21.8. The van der Waals surface area contributed by atoms with Gasteiger partial charge in [0.1, 0.15) is 12.3 Å². The molecule has 0 saturated carbocycles. The molecule has 0 spiro atoms. The van der Waals surface area contributed by atoms with Gasteiger partial charge in [0.15, 0.2) is 0 Å². The average molecular weight is 612 g/mol. The maximum Gasteiger partial charge on any atom is 0.305 e. The highest BCUT2D eigenvalue weighted by Gasteiger charge is 2.23. The predicted octanol–water partition coefficient (Wildman–Crippen LogP) is 7.71. The van der Waals surface area contributed by atoms with Crippen molar-refractivity contribution in [3.63, 3.8) is 0 Å². The van der Waals surface area contributed by atoms with Crippen LogP contribution in [0.5, 0.6) is 0 Å². The van der Waals surface area contributed by atoms with Gasteiger partial charge in [0.05, 0.1) is 22.0 Å². The highest BCUT2D eigenvalue weighted by molar-refractivity contribution is 6.23. The van der Waals surface area contributed by atoms with Gasteiger partial charge in [-0.15, -0.1) is 0 Å². The Labute approximate surface area is 260 Å². The summed E-state index contributed by atoms with van der Waals surface area (Å²) in [5.74, 6) is -0.341. The predicted molar refractivity (Wildman–Crippen MR) is 176 cm³/mol. The Kier molecular flexibility index (Phi) is 10.0. The maximum absolute atomic E-state index is 12.4. The van der Waals surface area contributed by atoms with E-state index in [0.717, 1.165) is 18.9 Å². The summed E-state index contributed by atoms with van der Waals surface area (Å²) in [6, 6.07) is 22.9. The van der Waals surface area contributed by atoms with E-state index in [2.05, 4.69) is 54.6 Å². The minimum atomic E-state index is -0.806. The molecule has 0 aliphatic carbocycles. The summed E-state index contributed by atoms with van der Waals surface area (Å²) >= 11 is 0. The number of nitro benzene ring substituents is 2. The van der Waals surface area contributed by atoms with Crippen molar-refractivity contribution in [2.24, 2.45) is 0 Å². The summed E-state index contributed by atoms with van der Waals surface area (Å²) in [6.07, 6.45) is 3.25. The van der Waals surface area contributed by atoms with Crippen LogP contribution >= 0.6 is 0 Å². The first kappa shape index (κ1) is 31.6. The van der Waals surface area contributed by atoms with E-state index in [-0.39, 0.29) is 30.4 Å². The van der Waals surface area contributed by atoms with Crippen molar-refractivity contribution >= 4 is 55.3 Å². The number of nitro groups is 2. The van der Waals surface area contributed by atoms with Crippen LogP contribution in [-0.2, 0) is 16.0 Å². The van der Waals surface area contributed by atoms with Crippen molar-refractivity contribution in [2.45, 2.75) is 58.0 Å². The first-order valence-electron chi connectivity index (χ1n) is 15.4. The number of ether oxygens (including phenoxy) is 1. The lowest BCUT2D eigenvalue weighted by molar-refractivity contribution is -0.393. The Morgan fingerprint density at radius 3 is 2.29 bits per heavy atom. The Hall–Kier alpha value is -4.83. The van der Waals surface area contributed by atoms with Crippen molar-refractivity contribution in [1.29, 1.82) is 0 Å². The van der Waals surface area contributed by atoms with E-state index in [0.29, 0.717) is 44.5 Å². The molecule has 0 aliphatic rings. The molecule has 0 fully saturated rings. The molecule has 1 atom stereocenters. The lowest BCUT2D eigenvalue weighted by atomic mass is 9.90. The molecule has 0 aromatic heterocycles. The molecular weight excluding hydrogens is 574 g/mol. The summed E-state index contributed by atoms with van der Waals surface area (Å²) in [7, 11) is 0. The molecule has 1 N–H and O–H groups in total. The molecule has 5 aromatic rings. The SMILES string of the molecule is CCCN(CCCCC(O)COC(=O)CCCc1ccc2ccc3cccc4ccc1c2c34)c1ccc([N+](=O)[O-])cc1[N+](=O)[O-]. The number of non-ortho nitro benzene ring substituents is 1. The van der Waals surface area contributed by atoms with Gasteiger partial charge < -0.3 is 14.7 Å². The van der Waals surface area contributed by atoms with Crippen LogP contribution in [0, 0.1) is 20.2 Å². The Morgan fingerprint density at radius 2 is 1.58 bits per heavy atom. The number of hydrogen-bond donors (Lipinski definition) is 1. The second-order valence-electron chi connectivity index (χ2n) is 11.4. The molecular formula is C35H37N3O7. The van der Waals surface area contributed by atoms with Crippen LogP contribution in [0.1, 0.15) is 51.0 Å². The van der Waals surface area contributed by atoms with E-state index in [9.17, 15) is 30.1 Å². The number of unbranched alkanes of at least 4 members (excludes halogenated alkanes) is 1. The fraction of sp³-hybridized carbons (Fsp3) is 0.343. The highest BCUT2D eigenvalue weighted by atomic mass is 16.6. The van der Waals surface area contributed by atoms with Gasteiger partial charge >= 0.3 is 5.97 Å². The molecule has 5 aromatic carbocycles. The van der Waals surface area contributed by atoms with E-state index >= 15 is 0 Å². The third-order valence-electron chi connectivity index (χ3n) is 8.30. The van der Waals surface area contributed by atoms with Crippen molar-refractivity contribution in [1.82, 2.24) is 0 Å². The van der Waals surface area contributed by atoms with Crippen LogP contribution in [0.25, 0.3) is 32.3 Å². The fourth-order valence-corrected chi connectivity index (χ4v) is 6.13. The number of hydrogen-bond acceptors (Lipinski definition) is 8. The molecule has 10 heteroatoms. The molecule has 5 rings (SSSR count).